The van der Waals surface area contributed by atoms with Crippen LogP contribution in [0.25, 0.3) is 0 Å². The monoisotopic (exact) mass is 257 g/mol. The molecule has 96 valence electrons. The average Bonchev–Trinajstić information content (AvgIpc) is 2.78. The molecule has 1 fully saturated rings. The van der Waals surface area contributed by atoms with Gasteiger partial charge in [-0.25, -0.2) is 8.42 Å². The lowest BCUT2D eigenvalue weighted by Gasteiger charge is -2.29. The van der Waals surface area contributed by atoms with Gasteiger partial charge in [0.1, 0.15) is 4.90 Å². The summed E-state index contributed by atoms with van der Waals surface area (Å²) in [5.74, 6) is 0.444. The number of sulfonamides is 1. The fraction of sp³-hybridized carbons (Fsp3) is 0.727. The second-order valence-corrected chi connectivity index (χ2v) is 6.58. The van der Waals surface area contributed by atoms with Crippen molar-refractivity contribution in [1.82, 2.24) is 14.1 Å². The molecular weight excluding hydrogens is 238 g/mol. The number of hydrogen-bond acceptors (Lipinski definition) is 3. The Labute approximate surface area is 102 Å². The molecule has 0 spiro atoms. The van der Waals surface area contributed by atoms with Gasteiger partial charge in [-0.05, 0) is 25.7 Å². The molecule has 1 aromatic rings. The van der Waals surface area contributed by atoms with E-state index >= 15 is 0 Å². The Hall–Kier alpha value is -0.880. The fourth-order valence-electron chi connectivity index (χ4n) is 2.16. The van der Waals surface area contributed by atoms with Crippen LogP contribution in [0.15, 0.2) is 17.3 Å². The molecule has 17 heavy (non-hydrogen) atoms. The molecule has 0 amide bonds. The third kappa shape index (κ3) is 2.52. The lowest BCUT2D eigenvalue weighted by atomic mass is 10.0. The summed E-state index contributed by atoms with van der Waals surface area (Å²) in [5, 5.41) is 4.03. The van der Waals surface area contributed by atoms with Crippen molar-refractivity contribution in [2.24, 2.45) is 5.92 Å². The van der Waals surface area contributed by atoms with E-state index in [0.717, 1.165) is 12.8 Å². The molecule has 0 bridgehead atoms. The van der Waals surface area contributed by atoms with Gasteiger partial charge in [-0.1, -0.05) is 6.92 Å². The van der Waals surface area contributed by atoms with Crippen molar-refractivity contribution in [1.29, 1.82) is 0 Å². The van der Waals surface area contributed by atoms with Crippen LogP contribution in [-0.2, 0) is 16.6 Å². The highest BCUT2D eigenvalue weighted by Crippen LogP contribution is 2.22. The van der Waals surface area contributed by atoms with Crippen molar-refractivity contribution in [2.45, 2.75) is 38.1 Å². The largest absolute Gasteiger partial charge is 0.272 e. The number of rotatable bonds is 3. The van der Waals surface area contributed by atoms with Crippen molar-refractivity contribution >= 4 is 10.0 Å². The van der Waals surface area contributed by atoms with Gasteiger partial charge in [0.15, 0.2) is 0 Å². The van der Waals surface area contributed by atoms with E-state index in [9.17, 15) is 8.42 Å². The van der Waals surface area contributed by atoms with Crippen LogP contribution in [0, 0.1) is 5.92 Å². The number of hydrogen-bond donors (Lipinski definition) is 0. The van der Waals surface area contributed by atoms with Gasteiger partial charge in [0, 0.05) is 25.8 Å². The van der Waals surface area contributed by atoms with Crippen LogP contribution in [0.2, 0.25) is 0 Å². The van der Waals surface area contributed by atoms with Crippen LogP contribution in [0.4, 0.5) is 0 Å². The van der Waals surface area contributed by atoms with Crippen molar-refractivity contribution in [2.75, 3.05) is 13.1 Å². The normalized spacial score (nSPS) is 22.8. The number of nitrogens with zero attached hydrogens (tertiary/aromatic N) is 3. The van der Waals surface area contributed by atoms with Gasteiger partial charge >= 0.3 is 0 Å². The van der Waals surface area contributed by atoms with E-state index in [-0.39, 0.29) is 0 Å². The Morgan fingerprint density at radius 3 is 2.88 bits per heavy atom. The number of aryl methyl sites for hydroxylation is 1. The molecule has 1 atom stereocenters. The Morgan fingerprint density at radius 2 is 2.29 bits per heavy atom. The van der Waals surface area contributed by atoms with Gasteiger partial charge in [0.25, 0.3) is 0 Å². The Kier molecular flexibility index (Phi) is 3.53. The Morgan fingerprint density at radius 1 is 1.53 bits per heavy atom. The molecule has 1 saturated heterocycles. The van der Waals surface area contributed by atoms with E-state index in [2.05, 4.69) is 12.0 Å². The summed E-state index contributed by atoms with van der Waals surface area (Å²) in [7, 11) is -3.33. The molecule has 0 radical (unpaired) electrons. The van der Waals surface area contributed by atoms with E-state index in [0.29, 0.717) is 30.4 Å². The van der Waals surface area contributed by atoms with Crippen molar-refractivity contribution in [3.8, 4) is 0 Å². The zero-order chi connectivity index (χ0) is 12.5. The van der Waals surface area contributed by atoms with E-state index < -0.39 is 10.0 Å². The van der Waals surface area contributed by atoms with Crippen LogP contribution in [0.5, 0.6) is 0 Å². The van der Waals surface area contributed by atoms with Gasteiger partial charge in [-0.3, -0.25) is 4.68 Å². The highest BCUT2D eigenvalue weighted by atomic mass is 32.2. The molecule has 2 rings (SSSR count). The highest BCUT2D eigenvalue weighted by molar-refractivity contribution is 7.89. The SMILES string of the molecule is CCn1cc(S(=O)(=O)N2CCC[C@@H](C)C2)cn1. The fourth-order valence-corrected chi connectivity index (χ4v) is 3.72. The zero-order valence-electron chi connectivity index (χ0n) is 10.3. The molecule has 0 aromatic carbocycles. The second-order valence-electron chi connectivity index (χ2n) is 4.64. The van der Waals surface area contributed by atoms with Crippen molar-refractivity contribution in [3.05, 3.63) is 12.4 Å². The van der Waals surface area contributed by atoms with Gasteiger partial charge < -0.3 is 0 Å². The highest BCUT2D eigenvalue weighted by Gasteiger charge is 2.29. The molecule has 0 saturated carbocycles. The minimum Gasteiger partial charge on any atom is -0.272 e. The van der Waals surface area contributed by atoms with Gasteiger partial charge in [0.2, 0.25) is 10.0 Å². The molecule has 6 heteroatoms. The van der Waals surface area contributed by atoms with Crippen LogP contribution < -0.4 is 0 Å². The number of piperidine rings is 1. The smallest absolute Gasteiger partial charge is 0.246 e. The third-order valence-electron chi connectivity index (χ3n) is 3.19. The molecule has 5 nitrogen and oxygen atoms in total. The summed E-state index contributed by atoms with van der Waals surface area (Å²) in [5.41, 5.74) is 0. The van der Waals surface area contributed by atoms with Crippen molar-refractivity contribution < 1.29 is 8.42 Å². The maximum atomic E-state index is 12.3. The average molecular weight is 257 g/mol. The quantitative estimate of drug-likeness (QED) is 0.820. The maximum absolute atomic E-state index is 12.3. The lowest BCUT2D eigenvalue weighted by molar-refractivity contribution is 0.281. The number of aromatic nitrogens is 2. The summed E-state index contributed by atoms with van der Waals surface area (Å²) in [6.45, 7) is 5.97. The van der Waals surface area contributed by atoms with Crippen molar-refractivity contribution in [3.63, 3.8) is 0 Å². The minimum atomic E-state index is -3.33. The molecular formula is C11H19N3O2S. The summed E-state index contributed by atoms with van der Waals surface area (Å²) >= 11 is 0. The van der Waals surface area contributed by atoms with Gasteiger partial charge in [-0.15, -0.1) is 0 Å². The summed E-state index contributed by atoms with van der Waals surface area (Å²) in [6, 6.07) is 0. The zero-order valence-corrected chi connectivity index (χ0v) is 11.2. The van der Waals surface area contributed by atoms with Crippen LogP contribution in [0.1, 0.15) is 26.7 Å². The Balaban J connectivity index is 2.23. The standard InChI is InChI=1S/C11H19N3O2S/c1-3-13-9-11(7-12-13)17(15,16)14-6-4-5-10(2)8-14/h7,9-10H,3-6,8H2,1-2H3/t10-/m1/s1. The lowest BCUT2D eigenvalue weighted by Crippen LogP contribution is -2.38. The first kappa shape index (κ1) is 12.6. The van der Waals surface area contributed by atoms with E-state index in [1.165, 1.54) is 6.20 Å². The molecule has 0 aliphatic carbocycles. The first-order chi connectivity index (χ1) is 8.04. The van der Waals surface area contributed by atoms with Gasteiger partial charge in [-0.2, -0.15) is 9.40 Å². The molecule has 0 N–H and O–H groups in total. The first-order valence-electron chi connectivity index (χ1n) is 6.06. The predicted octanol–water partition coefficient (Wildman–Crippen LogP) is 1.32. The van der Waals surface area contributed by atoms with E-state index in [1.807, 2.05) is 6.92 Å². The van der Waals surface area contributed by atoms with Gasteiger partial charge in [0.05, 0.1) is 6.20 Å². The van der Waals surface area contributed by atoms with E-state index in [4.69, 9.17) is 0 Å². The van der Waals surface area contributed by atoms with Crippen LogP contribution in [0.3, 0.4) is 0 Å². The minimum absolute atomic E-state index is 0.313. The third-order valence-corrected chi connectivity index (χ3v) is 5.01. The summed E-state index contributed by atoms with van der Waals surface area (Å²) < 4.78 is 27.9. The van der Waals surface area contributed by atoms with E-state index in [1.54, 1.807) is 15.2 Å². The Bertz CT molecular complexity index is 481. The van der Waals surface area contributed by atoms with Crippen LogP contribution >= 0.6 is 0 Å². The second kappa shape index (κ2) is 4.78. The maximum Gasteiger partial charge on any atom is 0.246 e. The molecule has 1 aliphatic heterocycles. The summed E-state index contributed by atoms with van der Waals surface area (Å²) in [4.78, 5) is 0.313. The summed E-state index contributed by atoms with van der Waals surface area (Å²) in [6.07, 6.45) is 5.11. The molecule has 2 heterocycles. The van der Waals surface area contributed by atoms with Crippen LogP contribution in [-0.4, -0.2) is 35.6 Å². The molecule has 1 aromatic heterocycles. The molecule has 0 unspecified atom stereocenters. The predicted molar refractivity (Wildman–Crippen MR) is 65.1 cm³/mol. The first-order valence-corrected chi connectivity index (χ1v) is 7.50. The topological polar surface area (TPSA) is 55.2 Å². The molecule has 1 aliphatic rings.